The molecule has 0 aromatic carbocycles. The monoisotopic (exact) mass is 277 g/mol. The smallest absolute Gasteiger partial charge is 0.348 e. The Hall–Kier alpha value is -1.88. The van der Waals surface area contributed by atoms with Crippen molar-refractivity contribution in [2.24, 2.45) is 4.99 Å². The zero-order chi connectivity index (χ0) is 13.8. The molecule has 100 valence electrons. The Morgan fingerprint density at radius 3 is 2.89 bits per heavy atom. The van der Waals surface area contributed by atoms with Crippen molar-refractivity contribution in [1.29, 1.82) is 0 Å². The highest BCUT2D eigenvalue weighted by molar-refractivity contribution is 7.17. The molecule has 0 amide bonds. The Morgan fingerprint density at radius 2 is 2.26 bits per heavy atom. The predicted octanol–water partition coefficient (Wildman–Crippen LogP) is 3.89. The summed E-state index contributed by atoms with van der Waals surface area (Å²) in [5.41, 5.74) is 0.881. The van der Waals surface area contributed by atoms with E-state index in [0.29, 0.717) is 17.2 Å². The number of rotatable bonds is 4. The number of nitrogens with zero attached hydrogens (tertiary/aromatic N) is 1. The fraction of sp³-hybridized carbons (Fsp3) is 0.286. The second kappa shape index (κ2) is 5.84. The standard InChI is InChI=1S/C14H15NO3S/c1-4-17-14(16)13-9(2)7-12(19-13)15-8-11-6-5-10(3)18-11/h5-8H,4H2,1-3H3. The molecule has 0 unspecified atom stereocenters. The summed E-state index contributed by atoms with van der Waals surface area (Å²) in [4.78, 5) is 16.6. The molecule has 0 N–H and O–H groups in total. The summed E-state index contributed by atoms with van der Waals surface area (Å²) in [6.45, 7) is 5.92. The molecular weight excluding hydrogens is 262 g/mol. The third-order valence-corrected chi connectivity index (χ3v) is 3.57. The molecule has 2 aromatic rings. The third-order valence-electron chi connectivity index (χ3n) is 2.45. The molecule has 0 bridgehead atoms. The molecule has 4 nitrogen and oxygen atoms in total. The number of hydrogen-bond donors (Lipinski definition) is 0. The van der Waals surface area contributed by atoms with Gasteiger partial charge in [-0.2, -0.15) is 0 Å². The summed E-state index contributed by atoms with van der Waals surface area (Å²) in [7, 11) is 0. The molecule has 0 spiro atoms. The van der Waals surface area contributed by atoms with Gasteiger partial charge in [0.15, 0.2) is 0 Å². The Kier molecular flexibility index (Phi) is 4.16. The first-order valence-electron chi connectivity index (χ1n) is 5.98. The number of ether oxygens (including phenoxy) is 1. The molecule has 5 heteroatoms. The Balaban J connectivity index is 2.16. The summed E-state index contributed by atoms with van der Waals surface area (Å²) in [5.74, 6) is 1.25. The average molecular weight is 277 g/mol. The lowest BCUT2D eigenvalue weighted by Crippen LogP contribution is -2.03. The minimum atomic E-state index is -0.291. The van der Waals surface area contributed by atoms with Crippen molar-refractivity contribution >= 4 is 28.5 Å². The summed E-state index contributed by atoms with van der Waals surface area (Å²) in [6, 6.07) is 5.60. The maximum Gasteiger partial charge on any atom is 0.348 e. The predicted molar refractivity (Wildman–Crippen MR) is 75.7 cm³/mol. The Labute approximate surface area is 115 Å². The van der Waals surface area contributed by atoms with Gasteiger partial charge in [-0.1, -0.05) is 0 Å². The highest BCUT2D eigenvalue weighted by atomic mass is 32.1. The van der Waals surface area contributed by atoms with Gasteiger partial charge in [0, 0.05) is 0 Å². The van der Waals surface area contributed by atoms with Gasteiger partial charge in [0.25, 0.3) is 0 Å². The van der Waals surface area contributed by atoms with Crippen LogP contribution in [0.25, 0.3) is 0 Å². The number of thiophene rings is 1. The maximum atomic E-state index is 11.7. The van der Waals surface area contributed by atoms with Crippen molar-refractivity contribution in [2.45, 2.75) is 20.8 Å². The van der Waals surface area contributed by atoms with Crippen molar-refractivity contribution in [3.05, 3.63) is 40.2 Å². The first-order valence-corrected chi connectivity index (χ1v) is 6.80. The van der Waals surface area contributed by atoms with Crippen LogP contribution in [-0.4, -0.2) is 18.8 Å². The number of furan rings is 1. The second-order valence-corrected chi connectivity index (χ2v) is 5.05. The van der Waals surface area contributed by atoms with Crippen LogP contribution in [0, 0.1) is 13.8 Å². The maximum absolute atomic E-state index is 11.7. The van der Waals surface area contributed by atoms with Crippen LogP contribution in [0.4, 0.5) is 5.00 Å². The minimum Gasteiger partial charge on any atom is -0.462 e. The quantitative estimate of drug-likeness (QED) is 0.629. The molecule has 0 radical (unpaired) electrons. The van der Waals surface area contributed by atoms with Gasteiger partial charge >= 0.3 is 5.97 Å². The van der Waals surface area contributed by atoms with E-state index in [0.717, 1.165) is 16.3 Å². The molecule has 2 heterocycles. The van der Waals surface area contributed by atoms with Crippen LogP contribution in [0.5, 0.6) is 0 Å². The van der Waals surface area contributed by atoms with Crippen LogP contribution < -0.4 is 0 Å². The van der Waals surface area contributed by atoms with Crippen LogP contribution in [0.1, 0.15) is 33.7 Å². The van der Waals surface area contributed by atoms with Crippen molar-refractivity contribution in [2.75, 3.05) is 6.61 Å². The summed E-state index contributed by atoms with van der Waals surface area (Å²) >= 11 is 1.32. The van der Waals surface area contributed by atoms with Gasteiger partial charge in [-0.15, -0.1) is 11.3 Å². The molecule has 0 atom stereocenters. The molecule has 2 rings (SSSR count). The number of esters is 1. The highest BCUT2D eigenvalue weighted by Crippen LogP contribution is 2.29. The van der Waals surface area contributed by atoms with E-state index in [9.17, 15) is 4.79 Å². The largest absolute Gasteiger partial charge is 0.462 e. The van der Waals surface area contributed by atoms with Gasteiger partial charge < -0.3 is 9.15 Å². The van der Waals surface area contributed by atoms with E-state index in [4.69, 9.17) is 9.15 Å². The van der Waals surface area contributed by atoms with Crippen LogP contribution in [0.2, 0.25) is 0 Å². The number of aliphatic imine (C=N–C) groups is 1. The molecule has 0 saturated carbocycles. The lowest BCUT2D eigenvalue weighted by Gasteiger charge is -1.98. The fourth-order valence-electron chi connectivity index (χ4n) is 1.58. The lowest BCUT2D eigenvalue weighted by atomic mass is 10.3. The van der Waals surface area contributed by atoms with Crippen molar-refractivity contribution in [3.8, 4) is 0 Å². The molecule has 0 aliphatic rings. The van der Waals surface area contributed by atoms with Gasteiger partial charge in [0.1, 0.15) is 21.4 Å². The molecule has 19 heavy (non-hydrogen) atoms. The average Bonchev–Trinajstić information content (AvgIpc) is 2.93. The lowest BCUT2D eigenvalue weighted by molar-refractivity contribution is 0.0531. The van der Waals surface area contributed by atoms with Gasteiger partial charge in [-0.25, -0.2) is 9.79 Å². The first-order chi connectivity index (χ1) is 9.10. The zero-order valence-electron chi connectivity index (χ0n) is 11.1. The van der Waals surface area contributed by atoms with Crippen molar-refractivity contribution < 1.29 is 13.9 Å². The van der Waals surface area contributed by atoms with E-state index in [1.54, 1.807) is 13.1 Å². The summed E-state index contributed by atoms with van der Waals surface area (Å²) in [6.07, 6.45) is 1.65. The Bertz CT molecular complexity index is 610. The van der Waals surface area contributed by atoms with E-state index in [-0.39, 0.29) is 5.97 Å². The van der Waals surface area contributed by atoms with Crippen LogP contribution in [-0.2, 0) is 4.74 Å². The fourth-order valence-corrected chi connectivity index (χ4v) is 2.49. The topological polar surface area (TPSA) is 51.8 Å². The van der Waals surface area contributed by atoms with Crippen molar-refractivity contribution in [3.63, 3.8) is 0 Å². The number of hydrogen-bond acceptors (Lipinski definition) is 5. The highest BCUT2D eigenvalue weighted by Gasteiger charge is 2.14. The Morgan fingerprint density at radius 1 is 1.47 bits per heavy atom. The molecule has 2 aromatic heterocycles. The molecular formula is C14H15NO3S. The van der Waals surface area contributed by atoms with Gasteiger partial charge in [0.05, 0.1) is 12.8 Å². The zero-order valence-corrected chi connectivity index (χ0v) is 11.9. The number of aryl methyl sites for hydroxylation is 2. The molecule has 0 fully saturated rings. The normalized spacial score (nSPS) is 11.1. The SMILES string of the molecule is CCOC(=O)c1sc(N=Cc2ccc(C)o2)cc1C. The number of carbonyl (C=O) groups excluding carboxylic acids is 1. The van der Waals surface area contributed by atoms with E-state index in [1.807, 2.05) is 32.0 Å². The second-order valence-electron chi connectivity index (χ2n) is 4.02. The van der Waals surface area contributed by atoms with Gasteiger partial charge in [-0.3, -0.25) is 0 Å². The number of carbonyl (C=O) groups is 1. The third kappa shape index (κ3) is 3.32. The van der Waals surface area contributed by atoms with Crippen LogP contribution >= 0.6 is 11.3 Å². The van der Waals surface area contributed by atoms with Gasteiger partial charge in [0.2, 0.25) is 0 Å². The summed E-state index contributed by atoms with van der Waals surface area (Å²) < 4.78 is 10.4. The van der Waals surface area contributed by atoms with E-state index in [2.05, 4.69) is 4.99 Å². The van der Waals surface area contributed by atoms with E-state index >= 15 is 0 Å². The first kappa shape index (κ1) is 13.5. The van der Waals surface area contributed by atoms with Crippen molar-refractivity contribution in [1.82, 2.24) is 0 Å². The van der Waals surface area contributed by atoms with E-state index < -0.39 is 0 Å². The van der Waals surface area contributed by atoms with Crippen LogP contribution in [0.15, 0.2) is 27.6 Å². The molecule has 0 saturated heterocycles. The molecule has 0 aliphatic carbocycles. The van der Waals surface area contributed by atoms with Crippen LogP contribution in [0.3, 0.4) is 0 Å². The minimum absolute atomic E-state index is 0.291. The van der Waals surface area contributed by atoms with E-state index in [1.165, 1.54) is 11.3 Å². The molecule has 0 aliphatic heterocycles. The van der Waals surface area contributed by atoms with Gasteiger partial charge in [-0.05, 0) is 44.5 Å². The summed E-state index contributed by atoms with van der Waals surface area (Å²) in [5, 5.41) is 0.759.